The van der Waals surface area contributed by atoms with E-state index in [2.05, 4.69) is 15.5 Å². The number of halogens is 2. The topological polar surface area (TPSA) is 77.2 Å². The van der Waals surface area contributed by atoms with Crippen LogP contribution in [0, 0.1) is 18.6 Å². The lowest BCUT2D eigenvalue weighted by molar-refractivity contribution is -0.113. The zero-order valence-electron chi connectivity index (χ0n) is 14.2. The average Bonchev–Trinajstić information content (AvgIpc) is 3.09. The molecule has 27 heavy (non-hydrogen) atoms. The van der Waals surface area contributed by atoms with Gasteiger partial charge < -0.3 is 14.5 Å². The summed E-state index contributed by atoms with van der Waals surface area (Å²) < 4.78 is 37.0. The standard InChI is InChI=1S/C18H15F2N3O3S/c1-11-3-2-4-13(7-11)25-9-17-22-23-18(26-17)27-10-16(24)21-12-5-6-14(19)15(20)8-12/h2-8H,9-10H2,1H3,(H,21,24). The molecule has 3 aromatic rings. The molecule has 0 unspecified atom stereocenters. The summed E-state index contributed by atoms with van der Waals surface area (Å²) in [5.74, 6) is -1.49. The fraction of sp³-hybridized carbons (Fsp3) is 0.167. The fourth-order valence-electron chi connectivity index (χ4n) is 2.10. The number of aromatic nitrogens is 2. The molecule has 0 saturated heterocycles. The van der Waals surface area contributed by atoms with E-state index in [-0.39, 0.29) is 29.2 Å². The second kappa shape index (κ2) is 8.63. The minimum absolute atomic E-state index is 0.0284. The van der Waals surface area contributed by atoms with Crippen LogP contribution in [0.1, 0.15) is 11.5 Å². The van der Waals surface area contributed by atoms with Gasteiger partial charge in [-0.25, -0.2) is 8.78 Å². The lowest BCUT2D eigenvalue weighted by atomic mass is 10.2. The fourth-order valence-corrected chi connectivity index (χ4v) is 2.68. The number of aryl methyl sites for hydroxylation is 1. The highest BCUT2D eigenvalue weighted by atomic mass is 32.2. The van der Waals surface area contributed by atoms with Crippen LogP contribution in [0.5, 0.6) is 5.75 Å². The number of anilines is 1. The van der Waals surface area contributed by atoms with Crippen LogP contribution >= 0.6 is 11.8 Å². The maximum Gasteiger partial charge on any atom is 0.277 e. The number of amides is 1. The van der Waals surface area contributed by atoms with Crippen molar-refractivity contribution in [3.63, 3.8) is 0 Å². The van der Waals surface area contributed by atoms with E-state index in [9.17, 15) is 13.6 Å². The molecule has 6 nitrogen and oxygen atoms in total. The Balaban J connectivity index is 1.47. The van der Waals surface area contributed by atoms with Gasteiger partial charge in [-0.3, -0.25) is 4.79 Å². The molecule has 3 rings (SSSR count). The summed E-state index contributed by atoms with van der Waals surface area (Å²) in [6.07, 6.45) is 0. The highest BCUT2D eigenvalue weighted by molar-refractivity contribution is 7.99. The molecule has 0 aliphatic rings. The molecule has 0 bridgehead atoms. The number of carbonyl (C=O) groups excluding carboxylic acids is 1. The smallest absolute Gasteiger partial charge is 0.277 e. The van der Waals surface area contributed by atoms with Gasteiger partial charge in [-0.2, -0.15) is 0 Å². The SMILES string of the molecule is Cc1cccc(OCc2nnc(SCC(=O)Nc3ccc(F)c(F)c3)o2)c1. The molecule has 0 fully saturated rings. The van der Waals surface area contributed by atoms with Gasteiger partial charge >= 0.3 is 0 Å². The van der Waals surface area contributed by atoms with E-state index in [1.807, 2.05) is 31.2 Å². The second-order valence-electron chi connectivity index (χ2n) is 5.53. The van der Waals surface area contributed by atoms with Crippen LogP contribution in [-0.4, -0.2) is 21.9 Å². The summed E-state index contributed by atoms with van der Waals surface area (Å²) in [5.41, 5.74) is 1.23. The van der Waals surface area contributed by atoms with Gasteiger partial charge in [0.2, 0.25) is 5.91 Å². The minimum atomic E-state index is -1.03. The predicted octanol–water partition coefficient (Wildman–Crippen LogP) is 3.97. The van der Waals surface area contributed by atoms with E-state index in [0.29, 0.717) is 5.75 Å². The number of nitrogens with one attached hydrogen (secondary N) is 1. The van der Waals surface area contributed by atoms with E-state index < -0.39 is 17.5 Å². The van der Waals surface area contributed by atoms with Crippen LogP contribution in [0.15, 0.2) is 52.1 Å². The Morgan fingerprint density at radius 3 is 2.81 bits per heavy atom. The Kier molecular flexibility index (Phi) is 6.02. The van der Waals surface area contributed by atoms with Gasteiger partial charge in [0.25, 0.3) is 11.1 Å². The van der Waals surface area contributed by atoms with E-state index >= 15 is 0 Å². The van der Waals surface area contributed by atoms with Gasteiger partial charge in [0, 0.05) is 11.8 Å². The van der Waals surface area contributed by atoms with E-state index in [1.54, 1.807) is 0 Å². The van der Waals surface area contributed by atoms with Crippen LogP contribution in [0.4, 0.5) is 14.5 Å². The maximum atomic E-state index is 13.1. The Labute approximate surface area is 157 Å². The summed E-state index contributed by atoms with van der Waals surface area (Å²) in [6, 6.07) is 10.7. The van der Waals surface area contributed by atoms with Gasteiger partial charge in [0.15, 0.2) is 18.2 Å². The monoisotopic (exact) mass is 391 g/mol. The predicted molar refractivity (Wildman–Crippen MR) is 95.5 cm³/mol. The molecule has 0 aliphatic carbocycles. The van der Waals surface area contributed by atoms with E-state index in [0.717, 1.165) is 29.5 Å². The van der Waals surface area contributed by atoms with Crippen LogP contribution in [0.3, 0.4) is 0 Å². The first-order valence-electron chi connectivity index (χ1n) is 7.89. The molecule has 1 N–H and O–H groups in total. The first-order valence-corrected chi connectivity index (χ1v) is 8.88. The average molecular weight is 391 g/mol. The molecule has 2 aromatic carbocycles. The van der Waals surface area contributed by atoms with Gasteiger partial charge in [0.05, 0.1) is 5.75 Å². The van der Waals surface area contributed by atoms with Crippen molar-refractivity contribution >= 4 is 23.4 Å². The van der Waals surface area contributed by atoms with Crippen molar-refractivity contribution in [2.45, 2.75) is 18.8 Å². The molecule has 1 aromatic heterocycles. The van der Waals surface area contributed by atoms with Gasteiger partial charge in [-0.15, -0.1) is 10.2 Å². The Bertz CT molecular complexity index is 949. The molecule has 0 spiro atoms. The van der Waals surface area contributed by atoms with Gasteiger partial charge in [-0.1, -0.05) is 23.9 Å². The molecule has 9 heteroatoms. The summed E-state index contributed by atoms with van der Waals surface area (Å²) in [6.45, 7) is 2.07. The Morgan fingerprint density at radius 2 is 2.04 bits per heavy atom. The minimum Gasteiger partial charge on any atom is -0.484 e. The van der Waals surface area contributed by atoms with Crippen molar-refractivity contribution in [3.8, 4) is 5.75 Å². The lowest BCUT2D eigenvalue weighted by Crippen LogP contribution is -2.14. The van der Waals surface area contributed by atoms with Crippen molar-refractivity contribution in [2.24, 2.45) is 0 Å². The van der Waals surface area contributed by atoms with Crippen LogP contribution < -0.4 is 10.1 Å². The summed E-state index contributed by atoms with van der Waals surface area (Å²) in [7, 11) is 0. The number of hydrogen-bond acceptors (Lipinski definition) is 6. The molecule has 1 heterocycles. The first kappa shape index (κ1) is 18.8. The van der Waals surface area contributed by atoms with Crippen molar-refractivity contribution < 1.29 is 22.7 Å². The molecule has 0 atom stereocenters. The summed E-state index contributed by atoms with van der Waals surface area (Å²) >= 11 is 1.02. The van der Waals surface area contributed by atoms with Crippen molar-refractivity contribution in [1.29, 1.82) is 0 Å². The number of hydrogen-bond donors (Lipinski definition) is 1. The van der Waals surface area contributed by atoms with E-state index in [4.69, 9.17) is 9.15 Å². The Hall–Kier alpha value is -2.94. The number of rotatable bonds is 7. The van der Waals surface area contributed by atoms with Gasteiger partial charge in [0.1, 0.15) is 5.75 Å². The zero-order valence-corrected chi connectivity index (χ0v) is 15.1. The van der Waals surface area contributed by atoms with Crippen molar-refractivity contribution in [1.82, 2.24) is 10.2 Å². The molecule has 0 radical (unpaired) electrons. The quantitative estimate of drug-likeness (QED) is 0.614. The third-order valence-corrected chi connectivity index (χ3v) is 4.15. The molecule has 140 valence electrons. The highest BCUT2D eigenvalue weighted by Crippen LogP contribution is 2.19. The molecule has 1 amide bonds. The van der Waals surface area contributed by atoms with E-state index in [1.165, 1.54) is 6.07 Å². The van der Waals surface area contributed by atoms with Crippen molar-refractivity contribution in [3.05, 3.63) is 65.6 Å². The van der Waals surface area contributed by atoms with Crippen LogP contribution in [-0.2, 0) is 11.4 Å². The normalized spacial score (nSPS) is 10.6. The van der Waals surface area contributed by atoms with Crippen LogP contribution in [0.2, 0.25) is 0 Å². The molecule has 0 aliphatic heterocycles. The van der Waals surface area contributed by atoms with Crippen molar-refractivity contribution in [2.75, 3.05) is 11.1 Å². The third-order valence-electron chi connectivity index (χ3n) is 3.33. The second-order valence-corrected chi connectivity index (χ2v) is 6.46. The highest BCUT2D eigenvalue weighted by Gasteiger charge is 2.11. The maximum absolute atomic E-state index is 13.1. The number of nitrogens with zero attached hydrogens (tertiary/aromatic N) is 2. The molecular formula is C18H15F2N3O3S. The largest absolute Gasteiger partial charge is 0.484 e. The zero-order chi connectivity index (χ0) is 19.2. The molecular weight excluding hydrogens is 376 g/mol. The lowest BCUT2D eigenvalue weighted by Gasteiger charge is -2.04. The first-order chi connectivity index (χ1) is 13.0. The summed E-state index contributed by atoms with van der Waals surface area (Å²) in [5, 5.41) is 10.3. The third kappa shape index (κ3) is 5.52. The summed E-state index contributed by atoms with van der Waals surface area (Å²) in [4.78, 5) is 11.9. The number of thioether (sulfide) groups is 1. The Morgan fingerprint density at radius 1 is 1.19 bits per heavy atom. The van der Waals surface area contributed by atoms with Crippen LogP contribution in [0.25, 0.3) is 0 Å². The number of carbonyl (C=O) groups is 1. The number of ether oxygens (including phenoxy) is 1. The van der Waals surface area contributed by atoms with Gasteiger partial charge in [-0.05, 0) is 36.8 Å². The molecule has 0 saturated carbocycles. The number of benzene rings is 2.